The molecule has 1 aliphatic rings. The first-order valence-corrected chi connectivity index (χ1v) is 8.00. The van der Waals surface area contributed by atoms with Gasteiger partial charge in [-0.15, -0.1) is 0 Å². The van der Waals surface area contributed by atoms with Crippen LogP contribution in [0.15, 0.2) is 24.3 Å². The Morgan fingerprint density at radius 3 is 2.53 bits per heavy atom. The van der Waals surface area contributed by atoms with Gasteiger partial charge in [0.1, 0.15) is 0 Å². The van der Waals surface area contributed by atoms with Crippen molar-refractivity contribution in [1.82, 2.24) is 4.31 Å². The van der Waals surface area contributed by atoms with E-state index in [1.54, 1.807) is 6.07 Å². The number of nitrogens with one attached hydrogen (secondary N) is 1. The molecule has 1 aromatic carbocycles. The van der Waals surface area contributed by atoms with Crippen molar-refractivity contribution in [3.63, 3.8) is 0 Å². The van der Waals surface area contributed by atoms with Crippen molar-refractivity contribution in [2.24, 2.45) is 11.7 Å². The maximum atomic E-state index is 12.3. The highest BCUT2D eigenvalue weighted by Crippen LogP contribution is 2.21. The van der Waals surface area contributed by atoms with Crippen LogP contribution in [0.25, 0.3) is 0 Å². The molecule has 1 aromatic rings. The van der Waals surface area contributed by atoms with Gasteiger partial charge in [0.25, 0.3) is 0 Å². The fourth-order valence-corrected chi connectivity index (χ4v) is 3.60. The van der Waals surface area contributed by atoms with Crippen molar-refractivity contribution in [2.75, 3.05) is 24.4 Å². The second kappa shape index (κ2) is 5.90. The van der Waals surface area contributed by atoms with Crippen LogP contribution in [0.5, 0.6) is 0 Å². The first kappa shape index (κ1) is 14.3. The number of anilines is 1. The van der Waals surface area contributed by atoms with Gasteiger partial charge in [-0.2, -0.15) is 12.7 Å². The lowest BCUT2D eigenvalue weighted by Crippen LogP contribution is -2.42. The van der Waals surface area contributed by atoms with Crippen LogP contribution in [0.4, 0.5) is 5.69 Å². The second-order valence-electron chi connectivity index (χ2n) is 5.00. The van der Waals surface area contributed by atoms with Gasteiger partial charge in [-0.25, -0.2) is 0 Å². The molecule has 1 heterocycles. The molecule has 0 aliphatic carbocycles. The van der Waals surface area contributed by atoms with E-state index in [0.29, 0.717) is 31.2 Å². The Labute approximate surface area is 115 Å². The maximum absolute atomic E-state index is 12.3. The Kier molecular flexibility index (Phi) is 4.44. The standard InChI is InChI=1S/C13H21N3O2S/c1-11-4-2-3-5-13(11)15-19(17,18)16-8-6-12(10-14)7-9-16/h2-5,12,15H,6-10,14H2,1H3. The number of benzene rings is 1. The Balaban J connectivity index is 2.05. The summed E-state index contributed by atoms with van der Waals surface area (Å²) in [6, 6.07) is 7.38. The number of rotatable bonds is 4. The highest BCUT2D eigenvalue weighted by atomic mass is 32.2. The quantitative estimate of drug-likeness (QED) is 0.875. The number of nitrogens with two attached hydrogens (primary N) is 1. The molecule has 0 spiro atoms. The van der Waals surface area contributed by atoms with Gasteiger partial charge >= 0.3 is 10.2 Å². The smallest absolute Gasteiger partial charge is 0.301 e. The van der Waals surface area contributed by atoms with Crippen LogP contribution < -0.4 is 10.5 Å². The first-order valence-electron chi connectivity index (χ1n) is 6.56. The molecular formula is C13H21N3O2S. The van der Waals surface area contributed by atoms with Gasteiger partial charge in [-0.1, -0.05) is 18.2 Å². The highest BCUT2D eigenvalue weighted by Gasteiger charge is 2.27. The van der Waals surface area contributed by atoms with Gasteiger partial charge in [0, 0.05) is 13.1 Å². The van der Waals surface area contributed by atoms with Gasteiger partial charge in [-0.3, -0.25) is 4.72 Å². The summed E-state index contributed by atoms with van der Waals surface area (Å²) in [4.78, 5) is 0. The van der Waals surface area contributed by atoms with Crippen LogP contribution in [0.3, 0.4) is 0 Å². The minimum absolute atomic E-state index is 0.449. The predicted octanol–water partition coefficient (Wildman–Crippen LogP) is 1.32. The normalized spacial score (nSPS) is 18.4. The Bertz CT molecular complexity index is 522. The molecule has 2 rings (SSSR count). The molecule has 0 atom stereocenters. The van der Waals surface area contributed by atoms with Crippen LogP contribution in [-0.4, -0.2) is 32.4 Å². The molecule has 0 saturated carbocycles. The zero-order valence-electron chi connectivity index (χ0n) is 11.2. The van der Waals surface area contributed by atoms with E-state index in [2.05, 4.69) is 4.72 Å². The number of para-hydroxylation sites is 1. The molecule has 0 radical (unpaired) electrons. The summed E-state index contributed by atoms with van der Waals surface area (Å²) in [5.41, 5.74) is 7.18. The lowest BCUT2D eigenvalue weighted by molar-refractivity contribution is 0.280. The van der Waals surface area contributed by atoms with E-state index in [0.717, 1.165) is 18.4 Å². The van der Waals surface area contributed by atoms with Gasteiger partial charge in [0.05, 0.1) is 5.69 Å². The van der Waals surface area contributed by atoms with Crippen LogP contribution in [0.2, 0.25) is 0 Å². The summed E-state index contributed by atoms with van der Waals surface area (Å²) in [5.74, 6) is 0.449. The van der Waals surface area contributed by atoms with Crippen molar-refractivity contribution < 1.29 is 8.42 Å². The number of nitrogens with zero attached hydrogens (tertiary/aromatic N) is 1. The molecule has 0 amide bonds. The third-order valence-electron chi connectivity index (χ3n) is 3.63. The van der Waals surface area contributed by atoms with E-state index < -0.39 is 10.2 Å². The first-order chi connectivity index (χ1) is 9.03. The van der Waals surface area contributed by atoms with Crippen LogP contribution >= 0.6 is 0 Å². The molecular weight excluding hydrogens is 262 g/mol. The summed E-state index contributed by atoms with van der Waals surface area (Å²) in [6.07, 6.45) is 1.68. The Morgan fingerprint density at radius 1 is 1.32 bits per heavy atom. The molecule has 1 saturated heterocycles. The average molecular weight is 283 g/mol. The van der Waals surface area contributed by atoms with E-state index in [1.807, 2.05) is 25.1 Å². The third-order valence-corrected chi connectivity index (χ3v) is 5.15. The van der Waals surface area contributed by atoms with E-state index in [4.69, 9.17) is 5.73 Å². The van der Waals surface area contributed by atoms with Crippen molar-refractivity contribution >= 4 is 15.9 Å². The van der Waals surface area contributed by atoms with Gasteiger partial charge < -0.3 is 5.73 Å². The largest absolute Gasteiger partial charge is 0.330 e. The third kappa shape index (κ3) is 3.46. The van der Waals surface area contributed by atoms with E-state index in [9.17, 15) is 8.42 Å². The maximum Gasteiger partial charge on any atom is 0.301 e. The van der Waals surface area contributed by atoms with Crippen LogP contribution in [0, 0.1) is 12.8 Å². The number of hydrogen-bond acceptors (Lipinski definition) is 3. The Hall–Kier alpha value is -1.11. The summed E-state index contributed by atoms with van der Waals surface area (Å²) in [7, 11) is -3.45. The molecule has 0 aromatic heterocycles. The zero-order valence-corrected chi connectivity index (χ0v) is 12.0. The molecule has 0 bridgehead atoms. The fraction of sp³-hybridized carbons (Fsp3) is 0.538. The van der Waals surface area contributed by atoms with Crippen LogP contribution in [0.1, 0.15) is 18.4 Å². The minimum Gasteiger partial charge on any atom is -0.330 e. The van der Waals surface area contributed by atoms with E-state index in [-0.39, 0.29) is 0 Å². The summed E-state index contributed by atoms with van der Waals surface area (Å²) < 4.78 is 28.7. The average Bonchev–Trinajstić information content (AvgIpc) is 2.41. The van der Waals surface area contributed by atoms with Crippen molar-refractivity contribution in [3.8, 4) is 0 Å². The predicted molar refractivity (Wildman–Crippen MR) is 77.1 cm³/mol. The van der Waals surface area contributed by atoms with Crippen molar-refractivity contribution in [3.05, 3.63) is 29.8 Å². The Morgan fingerprint density at radius 2 is 1.95 bits per heavy atom. The molecule has 5 nitrogen and oxygen atoms in total. The molecule has 19 heavy (non-hydrogen) atoms. The lowest BCUT2D eigenvalue weighted by atomic mass is 9.99. The summed E-state index contributed by atoms with van der Waals surface area (Å²) in [6.45, 7) is 3.61. The fourth-order valence-electron chi connectivity index (χ4n) is 2.28. The van der Waals surface area contributed by atoms with Crippen LogP contribution in [-0.2, 0) is 10.2 Å². The molecule has 1 aliphatic heterocycles. The molecule has 106 valence electrons. The van der Waals surface area contributed by atoms with Crippen molar-refractivity contribution in [2.45, 2.75) is 19.8 Å². The van der Waals surface area contributed by atoms with Gasteiger partial charge in [-0.05, 0) is 43.9 Å². The van der Waals surface area contributed by atoms with Crippen molar-refractivity contribution in [1.29, 1.82) is 0 Å². The van der Waals surface area contributed by atoms with Gasteiger partial charge in [0.2, 0.25) is 0 Å². The highest BCUT2D eigenvalue weighted by molar-refractivity contribution is 7.90. The number of piperidine rings is 1. The SMILES string of the molecule is Cc1ccccc1NS(=O)(=O)N1CCC(CN)CC1. The second-order valence-corrected chi connectivity index (χ2v) is 6.67. The molecule has 3 N–H and O–H groups in total. The summed E-state index contributed by atoms with van der Waals surface area (Å²) >= 11 is 0. The molecule has 6 heteroatoms. The molecule has 1 fully saturated rings. The molecule has 0 unspecified atom stereocenters. The zero-order chi connectivity index (χ0) is 13.9. The number of aryl methyl sites for hydroxylation is 1. The summed E-state index contributed by atoms with van der Waals surface area (Å²) in [5, 5.41) is 0. The minimum atomic E-state index is -3.45. The van der Waals surface area contributed by atoms with E-state index >= 15 is 0 Å². The monoisotopic (exact) mass is 283 g/mol. The lowest BCUT2D eigenvalue weighted by Gasteiger charge is -2.30. The topological polar surface area (TPSA) is 75.4 Å². The van der Waals surface area contributed by atoms with E-state index in [1.165, 1.54) is 4.31 Å². The number of hydrogen-bond donors (Lipinski definition) is 2. The van der Waals surface area contributed by atoms with Gasteiger partial charge in [0.15, 0.2) is 0 Å².